The maximum Gasteiger partial charge on any atom is 0.419 e. The summed E-state index contributed by atoms with van der Waals surface area (Å²) in [6.45, 7) is 3.26. The number of hydrogen-bond donors (Lipinski definition) is 0. The average molecular weight is 384 g/mol. The molecule has 0 saturated carbocycles. The van der Waals surface area contributed by atoms with Crippen molar-refractivity contribution in [3.63, 3.8) is 0 Å². The van der Waals surface area contributed by atoms with Gasteiger partial charge < -0.3 is 14.2 Å². The molecular weight excluding hydrogens is 369 g/mol. The zero-order valence-electron chi connectivity index (χ0n) is 14.2. The fraction of sp³-hybridized carbons (Fsp3) is 0.400. The van der Waals surface area contributed by atoms with Crippen molar-refractivity contribution in [3.8, 4) is 0 Å². The zero-order valence-corrected chi connectivity index (χ0v) is 14.2. The summed E-state index contributed by atoms with van der Waals surface area (Å²) in [5.74, 6) is 0.494. The van der Waals surface area contributed by atoms with Gasteiger partial charge in [-0.1, -0.05) is 0 Å². The molecule has 1 aliphatic rings. The van der Waals surface area contributed by atoms with E-state index in [-0.39, 0.29) is 17.4 Å². The molecule has 3 rings (SSSR count). The molecule has 9 nitrogen and oxygen atoms in total. The van der Waals surface area contributed by atoms with Crippen LogP contribution in [0.3, 0.4) is 0 Å². The lowest BCUT2D eigenvalue weighted by Crippen LogP contribution is -2.47. The van der Waals surface area contributed by atoms with Gasteiger partial charge in [-0.3, -0.25) is 10.1 Å². The summed E-state index contributed by atoms with van der Waals surface area (Å²) in [5.41, 5.74) is -0.961. The topological polar surface area (TPSA) is 101 Å². The number of oxazole rings is 1. The highest BCUT2D eigenvalue weighted by Gasteiger charge is 2.32. The number of halogens is 3. The fourth-order valence-electron chi connectivity index (χ4n) is 2.48. The first-order chi connectivity index (χ1) is 12.7. The van der Waals surface area contributed by atoms with Crippen LogP contribution in [0.2, 0.25) is 0 Å². The summed E-state index contributed by atoms with van der Waals surface area (Å²) in [7, 11) is 0. The van der Waals surface area contributed by atoms with E-state index in [4.69, 9.17) is 4.42 Å². The maximum atomic E-state index is 12.6. The van der Waals surface area contributed by atoms with Crippen LogP contribution in [0.4, 0.5) is 25.1 Å². The van der Waals surface area contributed by atoms with Crippen molar-refractivity contribution in [2.24, 2.45) is 0 Å². The molecule has 1 aliphatic heterocycles. The normalized spacial score (nSPS) is 15.9. The molecule has 1 saturated heterocycles. The second-order valence-corrected chi connectivity index (χ2v) is 5.83. The largest absolute Gasteiger partial charge is 0.424 e. The lowest BCUT2D eigenvalue weighted by Gasteiger charge is -2.33. The van der Waals surface area contributed by atoms with Crippen LogP contribution in [0.25, 0.3) is 6.08 Å². The minimum absolute atomic E-state index is 0.0676. The molecule has 1 fully saturated rings. The van der Waals surface area contributed by atoms with E-state index in [1.165, 1.54) is 19.2 Å². The Morgan fingerprint density at radius 2 is 1.74 bits per heavy atom. The Labute approximate surface area is 151 Å². The quantitative estimate of drug-likeness (QED) is 0.585. The summed E-state index contributed by atoms with van der Waals surface area (Å²) in [6.07, 6.45) is -0.267. The highest BCUT2D eigenvalue weighted by molar-refractivity contribution is 5.46. The molecule has 3 heterocycles. The van der Waals surface area contributed by atoms with Gasteiger partial charge in [0.05, 0.1) is 22.8 Å². The number of anilines is 2. The Kier molecular flexibility index (Phi) is 4.97. The molecule has 12 heteroatoms. The summed E-state index contributed by atoms with van der Waals surface area (Å²) < 4.78 is 43.2. The summed E-state index contributed by atoms with van der Waals surface area (Å²) in [4.78, 5) is 25.4. The Hall–Kier alpha value is -3.18. The van der Waals surface area contributed by atoms with Crippen LogP contribution in [0.1, 0.15) is 18.2 Å². The van der Waals surface area contributed by atoms with E-state index in [0.29, 0.717) is 32.2 Å². The van der Waals surface area contributed by atoms with E-state index in [2.05, 4.69) is 15.0 Å². The van der Waals surface area contributed by atoms with Crippen molar-refractivity contribution in [1.82, 2.24) is 15.0 Å². The van der Waals surface area contributed by atoms with E-state index < -0.39 is 16.7 Å². The molecule has 0 bridgehead atoms. The smallest absolute Gasteiger partial charge is 0.419 e. The van der Waals surface area contributed by atoms with Crippen molar-refractivity contribution in [3.05, 3.63) is 45.7 Å². The van der Waals surface area contributed by atoms with E-state index in [1.54, 1.807) is 4.90 Å². The van der Waals surface area contributed by atoms with Crippen LogP contribution >= 0.6 is 0 Å². The van der Waals surface area contributed by atoms with Crippen LogP contribution in [0.5, 0.6) is 0 Å². The molecule has 0 radical (unpaired) electrons. The molecule has 144 valence electrons. The molecule has 0 aromatic carbocycles. The molecule has 27 heavy (non-hydrogen) atoms. The van der Waals surface area contributed by atoms with Gasteiger partial charge >= 0.3 is 6.18 Å². The predicted molar refractivity (Wildman–Crippen MR) is 88.6 cm³/mol. The molecule has 0 spiro atoms. The third-order valence-electron chi connectivity index (χ3n) is 3.95. The average Bonchev–Trinajstić information content (AvgIpc) is 3.09. The van der Waals surface area contributed by atoms with E-state index >= 15 is 0 Å². The van der Waals surface area contributed by atoms with Gasteiger partial charge in [0.1, 0.15) is 0 Å². The van der Waals surface area contributed by atoms with Crippen LogP contribution in [0, 0.1) is 10.1 Å². The number of nitro groups is 1. The van der Waals surface area contributed by atoms with Gasteiger partial charge in [-0.2, -0.15) is 13.2 Å². The maximum absolute atomic E-state index is 12.6. The molecule has 2 aromatic heterocycles. The molecule has 0 N–H and O–H groups in total. The Morgan fingerprint density at radius 1 is 1.15 bits per heavy atom. The standard InChI is InChI=1S/C15H15F3N6O3/c1-10(24(25)26)6-12-9-21-14(27-12)23-4-2-22(3-5-23)13-19-7-11(8-20-13)15(16,17)18/h6-9H,2-5H2,1H3/b10-6-. The van der Waals surface area contributed by atoms with Crippen LogP contribution in [-0.2, 0) is 6.18 Å². The Balaban J connectivity index is 1.61. The monoisotopic (exact) mass is 384 g/mol. The Morgan fingerprint density at radius 3 is 2.30 bits per heavy atom. The highest BCUT2D eigenvalue weighted by atomic mass is 19.4. The second kappa shape index (κ2) is 7.21. The summed E-state index contributed by atoms with van der Waals surface area (Å²) >= 11 is 0. The number of alkyl halides is 3. The highest BCUT2D eigenvalue weighted by Crippen LogP contribution is 2.28. The summed E-state index contributed by atoms with van der Waals surface area (Å²) in [6, 6.07) is 0.324. The number of piperazine rings is 1. The first-order valence-corrected chi connectivity index (χ1v) is 7.91. The van der Waals surface area contributed by atoms with Crippen LogP contribution in [-0.4, -0.2) is 46.1 Å². The number of hydrogen-bond acceptors (Lipinski definition) is 8. The first kappa shape index (κ1) is 18.6. The number of rotatable bonds is 4. The molecule has 0 atom stereocenters. The molecule has 0 unspecified atom stereocenters. The minimum atomic E-state index is -4.47. The Bertz CT molecular complexity index is 841. The van der Waals surface area contributed by atoms with Crippen molar-refractivity contribution < 1.29 is 22.5 Å². The second-order valence-electron chi connectivity index (χ2n) is 5.83. The third kappa shape index (κ3) is 4.33. The number of nitrogens with zero attached hydrogens (tertiary/aromatic N) is 6. The van der Waals surface area contributed by atoms with Crippen molar-refractivity contribution >= 4 is 18.0 Å². The van der Waals surface area contributed by atoms with Crippen LogP contribution < -0.4 is 9.80 Å². The number of allylic oxidation sites excluding steroid dienone is 1. The lowest BCUT2D eigenvalue weighted by molar-refractivity contribution is -0.422. The van der Waals surface area contributed by atoms with Gasteiger partial charge in [0.2, 0.25) is 11.6 Å². The predicted octanol–water partition coefficient (Wildman–Crippen LogP) is 2.45. The third-order valence-corrected chi connectivity index (χ3v) is 3.95. The van der Waals surface area contributed by atoms with E-state index in [0.717, 1.165) is 12.4 Å². The van der Waals surface area contributed by atoms with Crippen molar-refractivity contribution in [2.45, 2.75) is 13.1 Å². The molecule has 2 aromatic rings. The van der Waals surface area contributed by atoms with Gasteiger partial charge in [0.15, 0.2) is 5.76 Å². The van der Waals surface area contributed by atoms with Gasteiger partial charge in [-0.05, 0) is 0 Å². The number of aromatic nitrogens is 3. The van der Waals surface area contributed by atoms with Crippen molar-refractivity contribution in [1.29, 1.82) is 0 Å². The molecule has 0 amide bonds. The van der Waals surface area contributed by atoms with Crippen molar-refractivity contribution in [2.75, 3.05) is 36.0 Å². The minimum Gasteiger partial charge on any atom is -0.424 e. The van der Waals surface area contributed by atoms with Gasteiger partial charge in [0.25, 0.3) is 6.01 Å². The van der Waals surface area contributed by atoms with Gasteiger partial charge in [-0.25, -0.2) is 15.0 Å². The molecule has 0 aliphatic carbocycles. The zero-order chi connectivity index (χ0) is 19.6. The molecular formula is C15H15F3N6O3. The van der Waals surface area contributed by atoms with Gasteiger partial charge in [0, 0.05) is 45.5 Å². The SMILES string of the molecule is C/C(=C/c1cnc(N2CCN(c3ncc(C(F)(F)F)cn3)CC2)o1)[N+](=O)[O-]. The lowest BCUT2D eigenvalue weighted by atomic mass is 10.3. The summed E-state index contributed by atoms with van der Waals surface area (Å²) in [5, 5.41) is 10.6. The van der Waals surface area contributed by atoms with E-state index in [1.807, 2.05) is 4.90 Å². The first-order valence-electron chi connectivity index (χ1n) is 7.91. The fourth-order valence-corrected chi connectivity index (χ4v) is 2.48. The van der Waals surface area contributed by atoms with Crippen LogP contribution in [0.15, 0.2) is 28.7 Å². The van der Waals surface area contributed by atoms with E-state index in [9.17, 15) is 23.3 Å². The van der Waals surface area contributed by atoms with Gasteiger partial charge in [-0.15, -0.1) is 0 Å².